The molecule has 1 saturated heterocycles. The zero-order valence-corrected chi connectivity index (χ0v) is 13.1. The van der Waals surface area contributed by atoms with E-state index in [9.17, 15) is 9.18 Å². The van der Waals surface area contributed by atoms with E-state index in [-0.39, 0.29) is 29.4 Å². The van der Waals surface area contributed by atoms with Crippen LogP contribution in [-0.4, -0.2) is 29.9 Å². The largest absolute Gasteiger partial charge is 0.337 e. The van der Waals surface area contributed by atoms with Crippen LogP contribution in [0.15, 0.2) is 12.1 Å². The fourth-order valence-corrected chi connectivity index (χ4v) is 2.53. The summed E-state index contributed by atoms with van der Waals surface area (Å²) in [5.74, 6) is -0.592. The first-order valence-corrected chi connectivity index (χ1v) is 6.64. The smallest absolute Gasteiger partial charge is 0.255 e. The lowest BCUT2D eigenvalue weighted by molar-refractivity contribution is 0.0791. The van der Waals surface area contributed by atoms with Crippen molar-refractivity contribution in [2.75, 3.05) is 13.1 Å². The molecule has 2 N–H and O–H groups in total. The molecule has 2 rings (SSSR count). The summed E-state index contributed by atoms with van der Waals surface area (Å²) in [4.78, 5) is 13.8. The van der Waals surface area contributed by atoms with Gasteiger partial charge in [-0.3, -0.25) is 4.79 Å². The average molecular weight is 405 g/mol. The van der Waals surface area contributed by atoms with Crippen molar-refractivity contribution in [1.29, 1.82) is 0 Å². The van der Waals surface area contributed by atoms with Gasteiger partial charge in [-0.2, -0.15) is 0 Å². The third-order valence-corrected chi connectivity index (χ3v) is 3.89. The number of rotatable bonds is 1. The van der Waals surface area contributed by atoms with E-state index < -0.39 is 5.82 Å². The highest BCUT2D eigenvalue weighted by atomic mass is 127. The van der Waals surface area contributed by atoms with Gasteiger partial charge in [0.15, 0.2) is 0 Å². The molecule has 7 heteroatoms. The van der Waals surface area contributed by atoms with Crippen LogP contribution in [0.5, 0.6) is 0 Å². The molecule has 1 heterocycles. The van der Waals surface area contributed by atoms with Crippen molar-refractivity contribution in [1.82, 2.24) is 4.90 Å². The summed E-state index contributed by atoms with van der Waals surface area (Å²) < 4.78 is 13.6. The first kappa shape index (κ1) is 15.9. The molecular weight excluding hydrogens is 393 g/mol. The maximum Gasteiger partial charge on any atom is 0.255 e. The summed E-state index contributed by atoms with van der Waals surface area (Å²) in [6.07, 6.45) is 0.793. The minimum atomic E-state index is -0.412. The molecule has 18 heavy (non-hydrogen) atoms. The fraction of sp³-hybridized carbons (Fsp3) is 0.364. The lowest BCUT2D eigenvalue weighted by Gasteiger charge is -2.16. The number of carbonyl (C=O) groups excluding carboxylic acids is 1. The van der Waals surface area contributed by atoms with Crippen LogP contribution in [0.4, 0.5) is 4.39 Å². The molecule has 1 aliphatic rings. The van der Waals surface area contributed by atoms with E-state index in [0.29, 0.717) is 22.2 Å². The number of nitrogens with two attached hydrogens (primary N) is 1. The van der Waals surface area contributed by atoms with Gasteiger partial charge in [-0.1, -0.05) is 11.6 Å². The lowest BCUT2D eigenvalue weighted by Crippen LogP contribution is -2.32. The van der Waals surface area contributed by atoms with Crippen LogP contribution in [0, 0.1) is 9.39 Å². The molecule has 0 saturated carbocycles. The van der Waals surface area contributed by atoms with Gasteiger partial charge in [0, 0.05) is 22.7 Å². The summed E-state index contributed by atoms with van der Waals surface area (Å²) in [5, 5.41) is 0.147. The Morgan fingerprint density at radius 2 is 2.22 bits per heavy atom. The van der Waals surface area contributed by atoms with Crippen molar-refractivity contribution in [3.8, 4) is 0 Å². The summed E-state index contributed by atoms with van der Waals surface area (Å²) in [6, 6.07) is 2.67. The van der Waals surface area contributed by atoms with Crippen molar-refractivity contribution >= 4 is 52.5 Å². The molecule has 1 aliphatic heterocycles. The Hall–Kier alpha value is -0.110. The number of hydrogen-bond acceptors (Lipinski definition) is 2. The van der Waals surface area contributed by atoms with Crippen LogP contribution < -0.4 is 5.73 Å². The van der Waals surface area contributed by atoms with E-state index in [1.54, 1.807) is 4.90 Å². The van der Waals surface area contributed by atoms with Crippen LogP contribution in [0.1, 0.15) is 16.8 Å². The van der Waals surface area contributed by atoms with Crippen molar-refractivity contribution < 1.29 is 9.18 Å². The number of halogens is 4. The Balaban J connectivity index is 0.00000162. The summed E-state index contributed by atoms with van der Waals surface area (Å²) in [7, 11) is 0. The summed E-state index contributed by atoms with van der Waals surface area (Å²) in [5.41, 5.74) is 6.08. The summed E-state index contributed by atoms with van der Waals surface area (Å²) in [6.45, 7) is 1.16. The van der Waals surface area contributed by atoms with Crippen LogP contribution >= 0.6 is 46.6 Å². The van der Waals surface area contributed by atoms with Gasteiger partial charge in [0.05, 0.1) is 10.6 Å². The van der Waals surface area contributed by atoms with E-state index in [1.807, 2.05) is 22.6 Å². The van der Waals surface area contributed by atoms with Crippen LogP contribution in [-0.2, 0) is 0 Å². The number of hydrogen-bond donors (Lipinski definition) is 1. The minimum Gasteiger partial charge on any atom is -0.337 e. The van der Waals surface area contributed by atoms with Crippen LogP contribution in [0.2, 0.25) is 5.02 Å². The predicted octanol–water partition coefficient (Wildman–Crippen LogP) is 2.68. The zero-order chi connectivity index (χ0) is 12.6. The second-order valence-electron chi connectivity index (χ2n) is 4.05. The zero-order valence-electron chi connectivity index (χ0n) is 9.33. The second kappa shape index (κ2) is 6.36. The molecular formula is C11H12Cl2FIN2O. The second-order valence-corrected chi connectivity index (χ2v) is 5.62. The maximum atomic E-state index is 13.2. The Kier molecular flexibility index (Phi) is 5.64. The quantitative estimate of drug-likeness (QED) is 0.577. The third-order valence-electron chi connectivity index (χ3n) is 2.75. The number of likely N-dealkylation sites (tertiary alicyclic amines) is 1. The fourth-order valence-electron chi connectivity index (χ4n) is 1.83. The molecule has 1 fully saturated rings. The standard InChI is InChI=1S/C11H11ClFIN2O.ClH/c12-8-4-9(13)10(14)3-7(8)11(17)16-2-1-6(15)5-16;/h3-4,6H,1-2,5,15H2;1H/t6-;/m0./s1. The van der Waals surface area contributed by atoms with Crippen LogP contribution in [0.25, 0.3) is 0 Å². The molecule has 1 aromatic carbocycles. The van der Waals surface area contributed by atoms with Crippen molar-refractivity contribution in [3.63, 3.8) is 0 Å². The highest BCUT2D eigenvalue weighted by Gasteiger charge is 2.26. The van der Waals surface area contributed by atoms with Gasteiger partial charge < -0.3 is 10.6 Å². The van der Waals surface area contributed by atoms with Gasteiger partial charge >= 0.3 is 0 Å². The molecule has 0 bridgehead atoms. The molecule has 1 amide bonds. The van der Waals surface area contributed by atoms with E-state index in [0.717, 1.165) is 6.42 Å². The Morgan fingerprint density at radius 3 is 2.78 bits per heavy atom. The average Bonchev–Trinajstić information content (AvgIpc) is 2.69. The number of benzene rings is 1. The van der Waals surface area contributed by atoms with Gasteiger partial charge in [0.25, 0.3) is 5.91 Å². The van der Waals surface area contributed by atoms with E-state index in [4.69, 9.17) is 17.3 Å². The highest BCUT2D eigenvalue weighted by Crippen LogP contribution is 2.24. The highest BCUT2D eigenvalue weighted by molar-refractivity contribution is 14.1. The monoisotopic (exact) mass is 404 g/mol. The van der Waals surface area contributed by atoms with Crippen molar-refractivity contribution in [3.05, 3.63) is 32.1 Å². The molecule has 0 radical (unpaired) electrons. The van der Waals surface area contributed by atoms with E-state index in [2.05, 4.69) is 0 Å². The van der Waals surface area contributed by atoms with Crippen molar-refractivity contribution in [2.24, 2.45) is 5.73 Å². The Labute approximate surface area is 129 Å². The van der Waals surface area contributed by atoms with Gasteiger partial charge in [-0.05, 0) is 41.1 Å². The number of nitrogens with zero attached hydrogens (tertiary/aromatic N) is 1. The number of carbonyl (C=O) groups is 1. The van der Waals surface area contributed by atoms with E-state index in [1.165, 1.54) is 12.1 Å². The molecule has 0 aliphatic carbocycles. The molecule has 1 aromatic rings. The third kappa shape index (κ3) is 3.26. The van der Waals surface area contributed by atoms with Gasteiger partial charge in [0.2, 0.25) is 0 Å². The minimum absolute atomic E-state index is 0. The maximum absolute atomic E-state index is 13.2. The molecule has 0 unspecified atom stereocenters. The first-order chi connectivity index (χ1) is 7.99. The summed E-state index contributed by atoms with van der Waals surface area (Å²) >= 11 is 7.73. The normalized spacial score (nSPS) is 18.7. The molecule has 3 nitrogen and oxygen atoms in total. The molecule has 0 aromatic heterocycles. The molecule has 1 atom stereocenters. The predicted molar refractivity (Wildman–Crippen MR) is 79.9 cm³/mol. The Morgan fingerprint density at radius 1 is 1.56 bits per heavy atom. The molecule has 100 valence electrons. The lowest BCUT2D eigenvalue weighted by atomic mass is 10.2. The van der Waals surface area contributed by atoms with Gasteiger partial charge in [-0.15, -0.1) is 12.4 Å². The van der Waals surface area contributed by atoms with Crippen molar-refractivity contribution in [2.45, 2.75) is 12.5 Å². The van der Waals surface area contributed by atoms with Gasteiger partial charge in [0.1, 0.15) is 5.82 Å². The molecule has 0 spiro atoms. The SMILES string of the molecule is Cl.N[C@H]1CCN(C(=O)c2cc(I)c(F)cc2Cl)C1. The first-order valence-electron chi connectivity index (χ1n) is 5.18. The Bertz CT molecular complexity index is 473. The number of amides is 1. The topological polar surface area (TPSA) is 46.3 Å². The van der Waals surface area contributed by atoms with E-state index >= 15 is 0 Å². The van der Waals surface area contributed by atoms with Gasteiger partial charge in [-0.25, -0.2) is 4.39 Å². The van der Waals surface area contributed by atoms with Crippen LogP contribution in [0.3, 0.4) is 0 Å².